The largest absolute Gasteiger partial charge is 0.484 e. The summed E-state index contributed by atoms with van der Waals surface area (Å²) in [5.74, 6) is 0.329. The molecule has 0 aliphatic rings. The van der Waals surface area contributed by atoms with Gasteiger partial charge in [0.05, 0.1) is 6.54 Å². The lowest BCUT2D eigenvalue weighted by atomic mass is 10.3. The van der Waals surface area contributed by atoms with E-state index < -0.39 is 0 Å². The minimum absolute atomic E-state index is 0.0565. The first-order valence-electron chi connectivity index (χ1n) is 8.00. The summed E-state index contributed by atoms with van der Waals surface area (Å²) in [4.78, 5) is 22.9. The Bertz CT molecular complexity index is 726. The highest BCUT2D eigenvalue weighted by Gasteiger charge is 2.08. The van der Waals surface area contributed by atoms with Crippen LogP contribution < -0.4 is 15.4 Å². The maximum Gasteiger partial charge on any atom is 0.258 e. The van der Waals surface area contributed by atoms with Gasteiger partial charge in [-0.25, -0.2) is 0 Å². The van der Waals surface area contributed by atoms with Gasteiger partial charge in [0.25, 0.3) is 5.91 Å². The highest BCUT2D eigenvalue weighted by molar-refractivity contribution is 6.30. The second kappa shape index (κ2) is 9.13. The molecule has 1 aromatic heterocycles. The van der Waals surface area contributed by atoms with E-state index >= 15 is 0 Å². The molecule has 6 nitrogen and oxygen atoms in total. The van der Waals surface area contributed by atoms with E-state index in [-0.39, 0.29) is 18.4 Å². The number of halogens is 1. The molecule has 2 rings (SSSR count). The van der Waals surface area contributed by atoms with E-state index in [1.165, 1.54) is 6.92 Å². The SMILES string of the molecule is CC(=O)NCCn1c(C)ccc1CNC(=O)COc1ccc(Cl)cc1. The Morgan fingerprint density at radius 1 is 1.12 bits per heavy atom. The second-order valence-electron chi connectivity index (χ2n) is 5.62. The number of ether oxygens (including phenoxy) is 1. The molecule has 0 radical (unpaired) electrons. The van der Waals surface area contributed by atoms with Crippen LogP contribution in [0.25, 0.3) is 0 Å². The van der Waals surface area contributed by atoms with Crippen LogP contribution in [0.2, 0.25) is 5.02 Å². The van der Waals surface area contributed by atoms with Gasteiger partial charge in [-0.05, 0) is 43.3 Å². The molecule has 134 valence electrons. The Morgan fingerprint density at radius 2 is 1.84 bits per heavy atom. The highest BCUT2D eigenvalue weighted by Crippen LogP contribution is 2.15. The Morgan fingerprint density at radius 3 is 2.52 bits per heavy atom. The third kappa shape index (κ3) is 6.15. The zero-order chi connectivity index (χ0) is 18.2. The van der Waals surface area contributed by atoms with Crippen LogP contribution in [-0.4, -0.2) is 29.5 Å². The van der Waals surface area contributed by atoms with Crippen LogP contribution >= 0.6 is 11.6 Å². The summed E-state index contributed by atoms with van der Waals surface area (Å²) in [7, 11) is 0. The van der Waals surface area contributed by atoms with Crippen LogP contribution in [0.3, 0.4) is 0 Å². The maximum atomic E-state index is 11.9. The zero-order valence-electron chi connectivity index (χ0n) is 14.3. The fraction of sp³-hybridized carbons (Fsp3) is 0.333. The Hall–Kier alpha value is -2.47. The summed E-state index contributed by atoms with van der Waals surface area (Å²) in [6, 6.07) is 10.8. The molecule has 0 fully saturated rings. The van der Waals surface area contributed by atoms with Gasteiger partial charge in [-0.15, -0.1) is 0 Å². The summed E-state index contributed by atoms with van der Waals surface area (Å²) in [5.41, 5.74) is 2.05. The van der Waals surface area contributed by atoms with E-state index in [9.17, 15) is 9.59 Å². The van der Waals surface area contributed by atoms with Crippen molar-refractivity contribution in [2.45, 2.75) is 26.9 Å². The van der Waals surface area contributed by atoms with Gasteiger partial charge in [0.2, 0.25) is 5.91 Å². The van der Waals surface area contributed by atoms with Crippen molar-refractivity contribution in [1.82, 2.24) is 15.2 Å². The Balaban J connectivity index is 1.81. The van der Waals surface area contributed by atoms with Crippen LogP contribution in [0.5, 0.6) is 5.75 Å². The number of carbonyl (C=O) groups excluding carboxylic acids is 2. The monoisotopic (exact) mass is 363 g/mol. The lowest BCUT2D eigenvalue weighted by molar-refractivity contribution is -0.123. The molecule has 7 heteroatoms. The van der Waals surface area contributed by atoms with Gasteiger partial charge in [0, 0.05) is 36.4 Å². The standard InChI is InChI=1S/C18H22ClN3O3/c1-13-3-6-16(22(13)10-9-20-14(2)23)11-21-18(24)12-25-17-7-4-15(19)5-8-17/h3-8H,9-12H2,1-2H3,(H,20,23)(H,21,24). The smallest absolute Gasteiger partial charge is 0.258 e. The second-order valence-corrected chi connectivity index (χ2v) is 6.06. The van der Waals surface area contributed by atoms with Crippen molar-refractivity contribution >= 4 is 23.4 Å². The predicted octanol–water partition coefficient (Wildman–Crippen LogP) is 2.28. The third-order valence-electron chi connectivity index (χ3n) is 3.65. The van der Waals surface area contributed by atoms with Crippen LogP contribution in [0.15, 0.2) is 36.4 Å². The molecule has 0 spiro atoms. The van der Waals surface area contributed by atoms with Crippen LogP contribution in [0.4, 0.5) is 0 Å². The Kier molecular flexibility index (Phi) is 6.89. The molecule has 0 aliphatic carbocycles. The van der Waals surface area contributed by atoms with Crippen molar-refractivity contribution in [2.75, 3.05) is 13.2 Å². The number of hydrogen-bond acceptors (Lipinski definition) is 3. The quantitative estimate of drug-likeness (QED) is 0.755. The zero-order valence-corrected chi connectivity index (χ0v) is 15.1. The summed E-state index contributed by atoms with van der Waals surface area (Å²) in [5, 5.41) is 6.22. The van der Waals surface area contributed by atoms with Gasteiger partial charge >= 0.3 is 0 Å². The highest BCUT2D eigenvalue weighted by atomic mass is 35.5. The lowest BCUT2D eigenvalue weighted by Crippen LogP contribution is -2.30. The summed E-state index contributed by atoms with van der Waals surface area (Å²) in [6.07, 6.45) is 0. The number of carbonyl (C=O) groups is 2. The number of nitrogens with zero attached hydrogens (tertiary/aromatic N) is 1. The van der Waals surface area contributed by atoms with Crippen molar-refractivity contribution in [1.29, 1.82) is 0 Å². The number of rotatable bonds is 8. The van der Waals surface area contributed by atoms with E-state index in [1.54, 1.807) is 24.3 Å². The number of benzene rings is 1. The Labute approximate surface area is 152 Å². The summed E-state index contributed by atoms with van der Waals surface area (Å²) in [6.45, 7) is 5.02. The molecule has 0 saturated heterocycles. The van der Waals surface area contributed by atoms with Crippen molar-refractivity contribution in [3.8, 4) is 5.75 Å². The average molecular weight is 364 g/mol. The van der Waals surface area contributed by atoms with Gasteiger partial charge in [-0.1, -0.05) is 11.6 Å². The number of aromatic nitrogens is 1. The molecular weight excluding hydrogens is 342 g/mol. The topological polar surface area (TPSA) is 72.4 Å². The van der Waals surface area contributed by atoms with Crippen molar-refractivity contribution in [3.05, 3.63) is 52.8 Å². The molecule has 0 bridgehead atoms. The lowest BCUT2D eigenvalue weighted by Gasteiger charge is -2.13. The molecular formula is C18H22ClN3O3. The van der Waals surface area contributed by atoms with Gasteiger partial charge in [-0.3, -0.25) is 9.59 Å². The van der Waals surface area contributed by atoms with E-state index in [4.69, 9.17) is 16.3 Å². The first kappa shape index (κ1) is 18.9. The molecule has 25 heavy (non-hydrogen) atoms. The van der Waals surface area contributed by atoms with E-state index in [1.807, 2.05) is 19.1 Å². The molecule has 0 aliphatic heterocycles. The molecule has 1 heterocycles. The van der Waals surface area contributed by atoms with Crippen molar-refractivity contribution in [2.24, 2.45) is 0 Å². The van der Waals surface area contributed by atoms with Crippen LogP contribution in [-0.2, 0) is 22.7 Å². The number of hydrogen-bond donors (Lipinski definition) is 2. The molecule has 0 atom stereocenters. The van der Waals surface area contributed by atoms with E-state index in [0.29, 0.717) is 30.4 Å². The number of amides is 2. The van der Waals surface area contributed by atoms with Crippen molar-refractivity contribution < 1.29 is 14.3 Å². The van der Waals surface area contributed by atoms with Crippen LogP contribution in [0, 0.1) is 6.92 Å². The van der Waals surface area contributed by atoms with Gasteiger partial charge < -0.3 is 19.9 Å². The first-order valence-corrected chi connectivity index (χ1v) is 8.38. The number of nitrogens with one attached hydrogen (secondary N) is 2. The normalized spacial score (nSPS) is 10.4. The first-order chi connectivity index (χ1) is 12.0. The summed E-state index contributed by atoms with van der Waals surface area (Å²) >= 11 is 5.80. The predicted molar refractivity (Wildman–Crippen MR) is 96.6 cm³/mol. The molecule has 2 aromatic rings. The fourth-order valence-electron chi connectivity index (χ4n) is 2.36. The average Bonchev–Trinajstić information content (AvgIpc) is 2.92. The van der Waals surface area contributed by atoms with Gasteiger partial charge in [-0.2, -0.15) is 0 Å². The minimum atomic E-state index is -0.206. The molecule has 0 unspecified atom stereocenters. The minimum Gasteiger partial charge on any atom is -0.484 e. The maximum absolute atomic E-state index is 11.9. The van der Waals surface area contributed by atoms with Crippen molar-refractivity contribution in [3.63, 3.8) is 0 Å². The fourth-order valence-corrected chi connectivity index (χ4v) is 2.49. The molecule has 0 saturated carbocycles. The molecule has 2 N–H and O–H groups in total. The van der Waals surface area contributed by atoms with Gasteiger partial charge in [0.1, 0.15) is 5.75 Å². The number of aryl methyl sites for hydroxylation is 1. The van der Waals surface area contributed by atoms with E-state index in [2.05, 4.69) is 15.2 Å². The molecule has 1 aromatic carbocycles. The summed E-state index contributed by atoms with van der Waals surface area (Å²) < 4.78 is 7.48. The van der Waals surface area contributed by atoms with Gasteiger partial charge in [0.15, 0.2) is 6.61 Å². The molecule has 2 amide bonds. The third-order valence-corrected chi connectivity index (χ3v) is 3.90. The van der Waals surface area contributed by atoms with E-state index in [0.717, 1.165) is 11.4 Å². The van der Waals surface area contributed by atoms with Crippen LogP contribution in [0.1, 0.15) is 18.3 Å².